The lowest BCUT2D eigenvalue weighted by molar-refractivity contribution is -0.125. The van der Waals surface area contributed by atoms with Crippen LogP contribution in [0.2, 0.25) is 0 Å². The minimum absolute atomic E-state index is 0.0664. The topological polar surface area (TPSA) is 59.0 Å². The molecule has 7 heteroatoms. The smallest absolute Gasteiger partial charge is 0.232 e. The van der Waals surface area contributed by atoms with Crippen LogP contribution >= 0.6 is 23.1 Å². The van der Waals surface area contributed by atoms with Crippen LogP contribution in [0.1, 0.15) is 0 Å². The summed E-state index contributed by atoms with van der Waals surface area (Å²) in [6.45, 7) is 0. The monoisotopic (exact) mass is 354 g/mol. The number of nitrogens with zero attached hydrogens (tertiary/aromatic N) is 4. The zero-order valence-corrected chi connectivity index (χ0v) is 14.8. The highest BCUT2D eigenvalue weighted by molar-refractivity contribution is 8.00. The first-order valence-electron chi connectivity index (χ1n) is 7.39. The van der Waals surface area contributed by atoms with Crippen molar-refractivity contribution in [2.45, 2.75) is 5.03 Å². The Balaban J connectivity index is 1.84. The number of amides is 1. The fourth-order valence-electron chi connectivity index (χ4n) is 2.45. The molecule has 0 saturated heterocycles. The van der Waals surface area contributed by atoms with E-state index in [1.54, 1.807) is 36.7 Å². The molecule has 0 spiro atoms. The minimum Gasteiger partial charge on any atom is -0.348 e. The Labute approximate surface area is 146 Å². The number of benzene rings is 1. The third-order valence-electron chi connectivity index (χ3n) is 3.75. The van der Waals surface area contributed by atoms with Crippen LogP contribution in [0.3, 0.4) is 0 Å². The van der Waals surface area contributed by atoms with Gasteiger partial charge in [-0.05, 0) is 12.1 Å². The van der Waals surface area contributed by atoms with Gasteiger partial charge < -0.3 is 4.90 Å². The Hall–Kier alpha value is -2.25. The normalized spacial score (nSPS) is 11.4. The van der Waals surface area contributed by atoms with Crippen molar-refractivity contribution in [2.24, 2.45) is 0 Å². The Morgan fingerprint density at radius 1 is 1.25 bits per heavy atom. The first kappa shape index (κ1) is 15.3. The number of hydrogen-bond donors (Lipinski definition) is 0. The van der Waals surface area contributed by atoms with Gasteiger partial charge in [0.2, 0.25) is 5.91 Å². The van der Waals surface area contributed by atoms with Crippen molar-refractivity contribution in [3.8, 4) is 0 Å². The lowest BCUT2D eigenvalue weighted by Crippen LogP contribution is -2.23. The van der Waals surface area contributed by atoms with Crippen molar-refractivity contribution >= 4 is 60.3 Å². The molecule has 1 aromatic carbocycles. The van der Waals surface area contributed by atoms with Gasteiger partial charge in [0.15, 0.2) is 0 Å². The third kappa shape index (κ3) is 2.59. The highest BCUT2D eigenvalue weighted by Gasteiger charge is 2.15. The Bertz CT molecular complexity index is 1070. The summed E-state index contributed by atoms with van der Waals surface area (Å²) < 4.78 is 0.992. The summed E-state index contributed by atoms with van der Waals surface area (Å²) in [5, 5.41) is 2.97. The minimum atomic E-state index is 0.0664. The number of pyridine rings is 1. The predicted molar refractivity (Wildman–Crippen MR) is 99.6 cm³/mol. The molecule has 4 rings (SSSR count). The molecule has 120 valence electrons. The molecule has 4 aromatic rings. The van der Waals surface area contributed by atoms with Crippen LogP contribution in [0.15, 0.2) is 41.7 Å². The molecule has 0 unspecified atom stereocenters. The van der Waals surface area contributed by atoms with Crippen LogP contribution < -0.4 is 0 Å². The molecule has 0 bridgehead atoms. The number of rotatable bonds is 3. The molecule has 0 aliphatic heterocycles. The van der Waals surface area contributed by atoms with Crippen LogP contribution in [-0.4, -0.2) is 45.6 Å². The van der Waals surface area contributed by atoms with Crippen molar-refractivity contribution in [2.75, 3.05) is 19.8 Å². The molecule has 0 atom stereocenters. The van der Waals surface area contributed by atoms with E-state index in [-0.39, 0.29) is 5.91 Å². The number of thioether (sulfide) groups is 1. The predicted octanol–water partition coefficient (Wildman–Crippen LogP) is 3.57. The van der Waals surface area contributed by atoms with Gasteiger partial charge in [0, 0.05) is 24.9 Å². The summed E-state index contributed by atoms with van der Waals surface area (Å²) in [4.78, 5) is 27.9. The molecule has 0 saturated carbocycles. The Morgan fingerprint density at radius 2 is 2.08 bits per heavy atom. The number of hydrogen-bond acceptors (Lipinski definition) is 6. The lowest BCUT2D eigenvalue weighted by Gasteiger charge is -2.09. The van der Waals surface area contributed by atoms with Crippen LogP contribution in [0.4, 0.5) is 0 Å². The third-order valence-corrected chi connectivity index (χ3v) is 5.94. The molecule has 1 amide bonds. The molecule has 3 heterocycles. The van der Waals surface area contributed by atoms with Crippen molar-refractivity contribution in [1.82, 2.24) is 19.9 Å². The Kier molecular flexibility index (Phi) is 3.82. The number of thiophene rings is 1. The summed E-state index contributed by atoms with van der Waals surface area (Å²) in [6.07, 6.45) is 1.56. The number of carbonyl (C=O) groups excluding carboxylic acids is 1. The molecular weight excluding hydrogens is 340 g/mol. The number of carbonyl (C=O) groups is 1. The van der Waals surface area contributed by atoms with E-state index in [1.807, 2.05) is 18.2 Å². The molecule has 5 nitrogen and oxygen atoms in total. The molecule has 0 fully saturated rings. The summed E-state index contributed by atoms with van der Waals surface area (Å²) in [5.74, 6) is 0.430. The van der Waals surface area contributed by atoms with E-state index >= 15 is 0 Å². The van der Waals surface area contributed by atoms with Gasteiger partial charge in [0.1, 0.15) is 16.2 Å². The second kappa shape index (κ2) is 5.99. The second-order valence-corrected chi connectivity index (χ2v) is 7.53. The van der Waals surface area contributed by atoms with Gasteiger partial charge in [0.05, 0.1) is 21.5 Å². The van der Waals surface area contributed by atoms with Crippen LogP contribution in [-0.2, 0) is 4.79 Å². The Morgan fingerprint density at radius 3 is 2.92 bits per heavy atom. The van der Waals surface area contributed by atoms with Gasteiger partial charge in [-0.1, -0.05) is 30.0 Å². The van der Waals surface area contributed by atoms with Gasteiger partial charge >= 0.3 is 0 Å². The maximum atomic E-state index is 11.8. The first-order chi connectivity index (χ1) is 11.6. The fraction of sp³-hybridized carbons (Fsp3) is 0.176. The summed E-state index contributed by atoms with van der Waals surface area (Å²) in [7, 11) is 3.51. The summed E-state index contributed by atoms with van der Waals surface area (Å²) in [5.41, 5.74) is 1.88. The molecule has 24 heavy (non-hydrogen) atoms. The molecule has 0 radical (unpaired) electrons. The van der Waals surface area contributed by atoms with E-state index in [0.29, 0.717) is 5.75 Å². The summed E-state index contributed by atoms with van der Waals surface area (Å²) in [6, 6.07) is 10.2. The quantitative estimate of drug-likeness (QED) is 0.416. The number of para-hydroxylation sites is 1. The second-order valence-electron chi connectivity index (χ2n) is 5.57. The largest absolute Gasteiger partial charge is 0.348 e. The van der Waals surface area contributed by atoms with E-state index < -0.39 is 0 Å². The van der Waals surface area contributed by atoms with Crippen molar-refractivity contribution in [1.29, 1.82) is 0 Å². The maximum absolute atomic E-state index is 11.8. The van der Waals surface area contributed by atoms with Gasteiger partial charge in [-0.25, -0.2) is 15.0 Å². The van der Waals surface area contributed by atoms with Gasteiger partial charge in [0.25, 0.3) is 0 Å². The summed E-state index contributed by atoms with van der Waals surface area (Å²) >= 11 is 3.03. The van der Waals surface area contributed by atoms with E-state index in [9.17, 15) is 4.79 Å². The zero-order chi connectivity index (χ0) is 16.7. The van der Waals surface area contributed by atoms with Gasteiger partial charge in [-0.3, -0.25) is 4.79 Å². The van der Waals surface area contributed by atoms with E-state index in [1.165, 1.54) is 11.8 Å². The highest BCUT2D eigenvalue weighted by Crippen LogP contribution is 2.37. The maximum Gasteiger partial charge on any atom is 0.232 e. The molecule has 0 N–H and O–H groups in total. The zero-order valence-electron chi connectivity index (χ0n) is 13.2. The number of fused-ring (bicyclic) bond motifs is 4. The first-order valence-corrected chi connectivity index (χ1v) is 9.19. The van der Waals surface area contributed by atoms with Crippen LogP contribution in [0.25, 0.3) is 31.3 Å². The molecule has 0 aliphatic rings. The highest BCUT2D eigenvalue weighted by atomic mass is 32.2. The van der Waals surface area contributed by atoms with Crippen molar-refractivity contribution in [3.05, 3.63) is 36.7 Å². The fourth-order valence-corrected chi connectivity index (χ4v) is 4.62. The van der Waals surface area contributed by atoms with Gasteiger partial charge in [-0.2, -0.15) is 0 Å². The molecule has 0 aliphatic carbocycles. The van der Waals surface area contributed by atoms with E-state index in [4.69, 9.17) is 4.98 Å². The van der Waals surface area contributed by atoms with E-state index in [0.717, 1.165) is 36.4 Å². The van der Waals surface area contributed by atoms with Crippen molar-refractivity contribution in [3.63, 3.8) is 0 Å². The SMILES string of the molecule is CN(C)C(=O)CSc1ncnc2c1sc1nc3ccccc3cc12. The standard InChI is InChI=1S/C17H14N4OS2/c1-21(2)13(22)8-23-17-15-14(18-9-19-17)11-7-10-5-3-4-6-12(10)20-16(11)24-15/h3-7,9H,8H2,1-2H3. The molecular formula is C17H14N4OS2. The number of aromatic nitrogens is 3. The van der Waals surface area contributed by atoms with E-state index in [2.05, 4.69) is 22.1 Å². The van der Waals surface area contributed by atoms with Crippen molar-refractivity contribution < 1.29 is 4.79 Å². The lowest BCUT2D eigenvalue weighted by atomic mass is 10.2. The van der Waals surface area contributed by atoms with Crippen LogP contribution in [0, 0.1) is 0 Å². The van der Waals surface area contributed by atoms with Gasteiger partial charge in [-0.15, -0.1) is 11.3 Å². The molecule has 3 aromatic heterocycles. The average molecular weight is 354 g/mol. The average Bonchev–Trinajstić information content (AvgIpc) is 2.95. The van der Waals surface area contributed by atoms with Crippen LogP contribution in [0.5, 0.6) is 0 Å².